The number of nitrogens with zero attached hydrogens (tertiary/aromatic N) is 1. The molecule has 0 aliphatic carbocycles. The van der Waals surface area contributed by atoms with Crippen LogP contribution in [0.25, 0.3) is 21.7 Å². The molecule has 6 rings (SSSR count). The van der Waals surface area contributed by atoms with Crippen molar-refractivity contribution in [2.75, 3.05) is 26.2 Å². The van der Waals surface area contributed by atoms with Crippen LogP contribution in [0.5, 0.6) is 0 Å². The van der Waals surface area contributed by atoms with E-state index in [1.165, 1.54) is 25.9 Å². The number of furan rings is 1. The summed E-state index contributed by atoms with van der Waals surface area (Å²) in [5.41, 5.74) is 0.770. The first-order valence-corrected chi connectivity index (χ1v) is 9.20. The fraction of sp³-hybridized carbons (Fsp3) is 0.381. The van der Waals surface area contributed by atoms with E-state index in [2.05, 4.69) is 22.3 Å². The van der Waals surface area contributed by atoms with E-state index in [1.54, 1.807) is 0 Å². The molecular weight excluding hydrogens is 312 g/mol. The smallest absolute Gasteiger partial charge is 0.287 e. The van der Waals surface area contributed by atoms with Gasteiger partial charge in [0.15, 0.2) is 5.76 Å². The predicted molar refractivity (Wildman–Crippen MR) is 98.7 cm³/mol. The van der Waals surface area contributed by atoms with E-state index in [0.29, 0.717) is 11.7 Å². The van der Waals surface area contributed by atoms with Crippen LogP contribution in [0.15, 0.2) is 46.9 Å². The third-order valence-electron chi connectivity index (χ3n) is 5.97. The Kier molecular flexibility index (Phi) is 3.52. The number of rotatable bonds is 3. The van der Waals surface area contributed by atoms with E-state index < -0.39 is 0 Å². The first-order chi connectivity index (χ1) is 12.3. The standard InChI is InChI=1S/C21H22N2O2/c24-21(22-12-16-13-23-9-7-14(16)8-10-23)20-11-18-17-4-2-1-3-15(17)5-6-19(18)25-20/h1-6,11,14,16H,7-10,12-13H2,(H,22,24). The quantitative estimate of drug-likeness (QED) is 0.795. The molecule has 25 heavy (non-hydrogen) atoms. The van der Waals surface area contributed by atoms with Crippen molar-refractivity contribution in [1.82, 2.24) is 10.2 Å². The molecule has 1 amide bonds. The number of fused-ring (bicyclic) bond motifs is 6. The maximum atomic E-state index is 12.6. The lowest BCUT2D eigenvalue weighted by atomic mass is 9.79. The van der Waals surface area contributed by atoms with Gasteiger partial charge in [0.2, 0.25) is 0 Å². The third kappa shape index (κ3) is 2.61. The van der Waals surface area contributed by atoms with Crippen molar-refractivity contribution in [2.45, 2.75) is 12.8 Å². The molecule has 1 atom stereocenters. The summed E-state index contributed by atoms with van der Waals surface area (Å²) in [6.45, 7) is 4.32. The summed E-state index contributed by atoms with van der Waals surface area (Å²) in [4.78, 5) is 15.1. The lowest BCUT2D eigenvalue weighted by Gasteiger charge is -2.44. The number of hydrogen-bond acceptors (Lipinski definition) is 3. The summed E-state index contributed by atoms with van der Waals surface area (Å²) < 4.78 is 5.82. The van der Waals surface area contributed by atoms with Gasteiger partial charge in [-0.2, -0.15) is 0 Å². The highest BCUT2D eigenvalue weighted by molar-refractivity contribution is 6.08. The Balaban J connectivity index is 1.36. The molecule has 0 spiro atoms. The van der Waals surface area contributed by atoms with Crippen molar-refractivity contribution in [3.8, 4) is 0 Å². The summed E-state index contributed by atoms with van der Waals surface area (Å²) in [5, 5.41) is 6.40. The van der Waals surface area contributed by atoms with Crippen LogP contribution in [0.4, 0.5) is 0 Å². The Hall–Kier alpha value is -2.33. The molecule has 4 heteroatoms. The topological polar surface area (TPSA) is 45.5 Å². The highest BCUT2D eigenvalue weighted by Crippen LogP contribution is 2.32. The molecule has 3 fully saturated rings. The molecule has 1 N–H and O–H groups in total. The number of benzene rings is 2. The van der Waals surface area contributed by atoms with E-state index in [0.717, 1.165) is 40.7 Å². The Labute approximate surface area is 146 Å². The van der Waals surface area contributed by atoms with E-state index in [9.17, 15) is 4.79 Å². The molecule has 0 saturated carbocycles. The highest BCUT2D eigenvalue weighted by Gasteiger charge is 2.34. The second-order valence-corrected chi connectivity index (χ2v) is 7.42. The van der Waals surface area contributed by atoms with Crippen LogP contribution in [-0.2, 0) is 0 Å². The molecule has 0 radical (unpaired) electrons. The van der Waals surface area contributed by atoms with Gasteiger partial charge in [-0.1, -0.05) is 30.3 Å². The SMILES string of the molecule is O=C(NCC1CN2CCC1CC2)c1cc2c(ccc3ccccc32)o1. The second-order valence-electron chi connectivity index (χ2n) is 7.42. The van der Waals surface area contributed by atoms with E-state index in [4.69, 9.17) is 4.42 Å². The van der Waals surface area contributed by atoms with E-state index >= 15 is 0 Å². The second kappa shape index (κ2) is 5.88. The minimum Gasteiger partial charge on any atom is -0.451 e. The van der Waals surface area contributed by atoms with Gasteiger partial charge in [0.25, 0.3) is 5.91 Å². The Morgan fingerprint density at radius 3 is 2.76 bits per heavy atom. The maximum absolute atomic E-state index is 12.6. The zero-order valence-electron chi connectivity index (χ0n) is 14.2. The van der Waals surface area contributed by atoms with Crippen molar-refractivity contribution in [3.05, 3.63) is 48.2 Å². The Bertz CT molecular complexity index is 937. The van der Waals surface area contributed by atoms with Crippen LogP contribution < -0.4 is 5.32 Å². The first-order valence-electron chi connectivity index (χ1n) is 9.20. The molecule has 2 aromatic carbocycles. The third-order valence-corrected chi connectivity index (χ3v) is 5.97. The minimum atomic E-state index is -0.100. The number of hydrogen-bond donors (Lipinski definition) is 1. The number of carbonyl (C=O) groups excluding carboxylic acids is 1. The van der Waals surface area contributed by atoms with Gasteiger partial charge >= 0.3 is 0 Å². The number of piperidine rings is 3. The monoisotopic (exact) mass is 334 g/mol. The summed E-state index contributed by atoms with van der Waals surface area (Å²) in [6.07, 6.45) is 2.55. The molecule has 3 aliphatic heterocycles. The molecular formula is C21H22N2O2. The Morgan fingerprint density at radius 2 is 1.96 bits per heavy atom. The van der Waals surface area contributed by atoms with Crippen LogP contribution in [0.2, 0.25) is 0 Å². The maximum Gasteiger partial charge on any atom is 0.287 e. The Morgan fingerprint density at radius 1 is 1.12 bits per heavy atom. The summed E-state index contributed by atoms with van der Waals surface area (Å²) in [5.74, 6) is 1.66. The van der Waals surface area contributed by atoms with Crippen LogP contribution in [0, 0.1) is 11.8 Å². The van der Waals surface area contributed by atoms with E-state index in [-0.39, 0.29) is 5.91 Å². The molecule has 4 nitrogen and oxygen atoms in total. The largest absolute Gasteiger partial charge is 0.451 e. The van der Waals surface area contributed by atoms with Crippen LogP contribution in [0.3, 0.4) is 0 Å². The summed E-state index contributed by atoms with van der Waals surface area (Å²) in [7, 11) is 0. The highest BCUT2D eigenvalue weighted by atomic mass is 16.3. The van der Waals surface area contributed by atoms with Gasteiger partial charge in [0.05, 0.1) is 0 Å². The van der Waals surface area contributed by atoms with Crippen molar-refractivity contribution >= 4 is 27.6 Å². The van der Waals surface area contributed by atoms with Gasteiger partial charge in [-0.15, -0.1) is 0 Å². The fourth-order valence-electron chi connectivity index (χ4n) is 4.53. The minimum absolute atomic E-state index is 0.100. The zero-order chi connectivity index (χ0) is 16.8. The van der Waals surface area contributed by atoms with Crippen LogP contribution >= 0.6 is 0 Å². The normalized spacial score (nSPS) is 25.5. The fourth-order valence-corrected chi connectivity index (χ4v) is 4.53. The molecule has 4 heterocycles. The van der Waals surface area contributed by atoms with Crippen molar-refractivity contribution < 1.29 is 9.21 Å². The van der Waals surface area contributed by atoms with E-state index in [1.807, 2.05) is 30.3 Å². The summed E-state index contributed by atoms with van der Waals surface area (Å²) >= 11 is 0. The van der Waals surface area contributed by atoms with Crippen LogP contribution in [-0.4, -0.2) is 37.0 Å². The average molecular weight is 334 g/mol. The number of amides is 1. The molecule has 3 saturated heterocycles. The molecule has 1 unspecified atom stereocenters. The van der Waals surface area contributed by atoms with Gasteiger partial charge in [-0.05, 0) is 60.7 Å². The molecule has 3 aliphatic rings. The van der Waals surface area contributed by atoms with Crippen LogP contribution in [0.1, 0.15) is 23.4 Å². The average Bonchev–Trinajstić information content (AvgIpc) is 3.12. The first kappa shape index (κ1) is 15.0. The molecule has 3 aromatic rings. The summed E-state index contributed by atoms with van der Waals surface area (Å²) in [6, 6.07) is 14.1. The molecule has 1 aromatic heterocycles. The lowest BCUT2D eigenvalue weighted by molar-refractivity contribution is 0.0493. The van der Waals surface area contributed by atoms with Crippen molar-refractivity contribution in [3.63, 3.8) is 0 Å². The van der Waals surface area contributed by atoms with Gasteiger partial charge in [-0.25, -0.2) is 0 Å². The molecule has 128 valence electrons. The predicted octanol–water partition coefficient (Wildman–Crippen LogP) is 3.66. The van der Waals surface area contributed by atoms with Gasteiger partial charge in [0.1, 0.15) is 5.58 Å². The molecule has 2 bridgehead atoms. The lowest BCUT2D eigenvalue weighted by Crippen LogP contribution is -2.50. The van der Waals surface area contributed by atoms with Crippen molar-refractivity contribution in [1.29, 1.82) is 0 Å². The number of carbonyl (C=O) groups is 1. The van der Waals surface area contributed by atoms with Gasteiger partial charge in [-0.3, -0.25) is 4.79 Å². The number of nitrogens with one attached hydrogen (secondary N) is 1. The zero-order valence-corrected chi connectivity index (χ0v) is 14.2. The van der Waals surface area contributed by atoms with Gasteiger partial charge in [0, 0.05) is 18.5 Å². The van der Waals surface area contributed by atoms with Crippen molar-refractivity contribution in [2.24, 2.45) is 11.8 Å². The van der Waals surface area contributed by atoms with Gasteiger partial charge < -0.3 is 14.6 Å².